The third-order valence-electron chi connectivity index (χ3n) is 6.55. The summed E-state index contributed by atoms with van der Waals surface area (Å²) in [6, 6.07) is 3.86. The summed E-state index contributed by atoms with van der Waals surface area (Å²) >= 11 is 5.75. The summed E-state index contributed by atoms with van der Waals surface area (Å²) in [6.07, 6.45) is 3.18. The van der Waals surface area contributed by atoms with E-state index in [-0.39, 0.29) is 34.4 Å². The maximum absolute atomic E-state index is 14.0. The number of fused-ring (bicyclic) bond motifs is 1. The third kappa shape index (κ3) is 5.06. The maximum atomic E-state index is 14.0. The van der Waals surface area contributed by atoms with Gasteiger partial charge >= 0.3 is 5.97 Å². The molecule has 0 aliphatic carbocycles. The number of benzene rings is 1. The number of nitrogens with one attached hydrogen (secondary N) is 1. The Balaban J connectivity index is 1.50. The van der Waals surface area contributed by atoms with Crippen molar-refractivity contribution in [3.05, 3.63) is 51.6 Å². The van der Waals surface area contributed by atoms with Crippen LogP contribution < -0.4 is 5.32 Å². The van der Waals surface area contributed by atoms with E-state index in [0.29, 0.717) is 38.3 Å². The normalized spacial score (nSPS) is 18.4. The van der Waals surface area contributed by atoms with Gasteiger partial charge in [-0.2, -0.15) is 5.10 Å². The SMILES string of the molecule is CCc1nn(C[C@@H](C)COC(=O)c2ccc(Cl)cc2F)c2c1C(=O)NCC1(CCOCC1)C2. The molecule has 1 spiro atoms. The molecule has 3 heterocycles. The van der Waals surface area contributed by atoms with Crippen LogP contribution in [0.4, 0.5) is 4.39 Å². The van der Waals surface area contributed by atoms with Gasteiger partial charge in [0.1, 0.15) is 5.82 Å². The lowest BCUT2D eigenvalue weighted by atomic mass is 9.76. The van der Waals surface area contributed by atoms with Gasteiger partial charge in [-0.05, 0) is 49.3 Å². The maximum Gasteiger partial charge on any atom is 0.341 e. The molecule has 2 aliphatic rings. The predicted molar refractivity (Wildman–Crippen MR) is 121 cm³/mol. The minimum atomic E-state index is -0.731. The number of ether oxygens (including phenoxy) is 2. The van der Waals surface area contributed by atoms with Crippen molar-refractivity contribution in [3.63, 3.8) is 0 Å². The molecule has 0 bridgehead atoms. The molecule has 1 amide bonds. The lowest BCUT2D eigenvalue weighted by molar-refractivity contribution is 0.0151. The monoisotopic (exact) mass is 477 g/mol. The molecule has 1 aromatic carbocycles. The summed E-state index contributed by atoms with van der Waals surface area (Å²) in [5.41, 5.74) is 2.20. The molecule has 178 valence electrons. The van der Waals surface area contributed by atoms with Crippen molar-refractivity contribution in [2.75, 3.05) is 26.4 Å². The van der Waals surface area contributed by atoms with Gasteiger partial charge in [0, 0.05) is 37.2 Å². The lowest BCUT2D eigenvalue weighted by Gasteiger charge is -2.36. The van der Waals surface area contributed by atoms with E-state index in [1.165, 1.54) is 12.1 Å². The Hall–Kier alpha value is -2.45. The molecule has 33 heavy (non-hydrogen) atoms. The van der Waals surface area contributed by atoms with Crippen LogP contribution in [0.5, 0.6) is 0 Å². The van der Waals surface area contributed by atoms with Gasteiger partial charge in [0.15, 0.2) is 0 Å². The van der Waals surface area contributed by atoms with Crippen LogP contribution in [0.2, 0.25) is 5.02 Å². The fourth-order valence-electron chi connectivity index (χ4n) is 4.62. The smallest absolute Gasteiger partial charge is 0.341 e. The van der Waals surface area contributed by atoms with Crippen LogP contribution in [0.15, 0.2) is 18.2 Å². The van der Waals surface area contributed by atoms with Crippen molar-refractivity contribution in [1.82, 2.24) is 15.1 Å². The number of nitrogens with zero attached hydrogens (tertiary/aromatic N) is 2. The highest BCUT2D eigenvalue weighted by molar-refractivity contribution is 6.30. The Bertz CT molecular complexity index is 1050. The molecule has 0 unspecified atom stereocenters. The van der Waals surface area contributed by atoms with Crippen LogP contribution in [-0.4, -0.2) is 48.0 Å². The first-order chi connectivity index (χ1) is 15.8. The standard InChI is InChI=1S/C24H29ClFN3O4/c1-3-19-21-20(11-24(14-27-22(21)30)6-8-32-9-7-24)29(28-19)12-15(2)13-33-23(31)17-5-4-16(25)10-18(17)26/h4-5,10,15H,3,6-9,11-14H2,1-2H3,(H,27,30)/t15-/m1/s1. The zero-order valence-corrected chi connectivity index (χ0v) is 19.7. The summed E-state index contributed by atoms with van der Waals surface area (Å²) in [7, 11) is 0. The highest BCUT2D eigenvalue weighted by atomic mass is 35.5. The molecule has 0 radical (unpaired) electrons. The first-order valence-electron chi connectivity index (χ1n) is 11.4. The molecule has 7 nitrogen and oxygen atoms in total. The number of aromatic nitrogens is 2. The van der Waals surface area contributed by atoms with Gasteiger partial charge in [-0.1, -0.05) is 25.4 Å². The number of rotatable bonds is 6. The van der Waals surface area contributed by atoms with Gasteiger partial charge in [0.2, 0.25) is 0 Å². The topological polar surface area (TPSA) is 82.5 Å². The van der Waals surface area contributed by atoms with E-state index in [0.717, 1.165) is 36.7 Å². The van der Waals surface area contributed by atoms with Gasteiger partial charge < -0.3 is 14.8 Å². The minimum absolute atomic E-state index is 0.0379. The molecule has 2 aromatic rings. The number of carbonyl (C=O) groups excluding carboxylic acids is 2. The Morgan fingerprint density at radius 1 is 1.39 bits per heavy atom. The number of aryl methyl sites for hydroxylation is 1. The average Bonchev–Trinajstić information content (AvgIpc) is 3.06. The molecular formula is C24H29ClFN3O4. The van der Waals surface area contributed by atoms with Crippen molar-refractivity contribution in [2.24, 2.45) is 11.3 Å². The van der Waals surface area contributed by atoms with Crippen LogP contribution in [0.25, 0.3) is 0 Å². The first-order valence-corrected chi connectivity index (χ1v) is 11.8. The van der Waals surface area contributed by atoms with Crippen molar-refractivity contribution in [2.45, 2.75) is 46.1 Å². The molecule has 1 N–H and O–H groups in total. The summed E-state index contributed by atoms with van der Waals surface area (Å²) in [4.78, 5) is 25.2. The molecular weight excluding hydrogens is 449 g/mol. The van der Waals surface area contributed by atoms with E-state index >= 15 is 0 Å². The van der Waals surface area contributed by atoms with Crippen LogP contribution in [-0.2, 0) is 28.9 Å². The zero-order valence-electron chi connectivity index (χ0n) is 19.0. The lowest BCUT2D eigenvalue weighted by Crippen LogP contribution is -2.41. The molecule has 1 fully saturated rings. The number of halogens is 2. The van der Waals surface area contributed by atoms with Gasteiger partial charge in [0.25, 0.3) is 5.91 Å². The third-order valence-corrected chi connectivity index (χ3v) is 6.78. The first kappa shape index (κ1) is 23.7. The van der Waals surface area contributed by atoms with Gasteiger partial charge in [-0.15, -0.1) is 0 Å². The van der Waals surface area contributed by atoms with Crippen LogP contribution in [0.1, 0.15) is 58.8 Å². The number of esters is 1. The number of hydrogen-bond acceptors (Lipinski definition) is 5. The molecule has 0 saturated carbocycles. The van der Waals surface area contributed by atoms with Crippen molar-refractivity contribution in [3.8, 4) is 0 Å². The Morgan fingerprint density at radius 3 is 2.85 bits per heavy atom. The molecule has 2 aliphatic heterocycles. The minimum Gasteiger partial charge on any atom is -0.462 e. The summed E-state index contributed by atoms with van der Waals surface area (Å²) in [6.45, 7) is 6.52. The predicted octanol–water partition coefficient (Wildman–Crippen LogP) is 3.81. The van der Waals surface area contributed by atoms with Gasteiger partial charge in [-0.3, -0.25) is 9.48 Å². The second-order valence-corrected chi connectivity index (χ2v) is 9.54. The van der Waals surface area contributed by atoms with E-state index in [9.17, 15) is 14.0 Å². The van der Waals surface area contributed by atoms with Crippen molar-refractivity contribution >= 4 is 23.5 Å². The second-order valence-electron chi connectivity index (χ2n) is 9.10. The van der Waals surface area contributed by atoms with E-state index in [4.69, 9.17) is 26.2 Å². The van der Waals surface area contributed by atoms with Gasteiger partial charge in [-0.25, -0.2) is 9.18 Å². The molecule has 1 aromatic heterocycles. The molecule has 4 rings (SSSR count). The Labute approximate surface area is 197 Å². The fraction of sp³-hybridized carbons (Fsp3) is 0.542. The molecule has 9 heteroatoms. The second kappa shape index (κ2) is 9.81. The molecule has 1 atom stereocenters. The summed E-state index contributed by atoms with van der Waals surface area (Å²) < 4.78 is 26.8. The van der Waals surface area contributed by atoms with Crippen LogP contribution in [0.3, 0.4) is 0 Å². The quantitative estimate of drug-likeness (QED) is 0.640. The van der Waals surface area contributed by atoms with E-state index in [1.807, 2.05) is 18.5 Å². The van der Waals surface area contributed by atoms with Gasteiger partial charge in [0.05, 0.1) is 29.1 Å². The zero-order chi connectivity index (χ0) is 23.6. The Kier molecular flexibility index (Phi) is 7.05. The van der Waals surface area contributed by atoms with E-state index in [2.05, 4.69) is 5.32 Å². The average molecular weight is 478 g/mol. The highest BCUT2D eigenvalue weighted by Crippen LogP contribution is 2.37. The Morgan fingerprint density at radius 2 is 2.15 bits per heavy atom. The largest absolute Gasteiger partial charge is 0.462 e. The van der Waals surface area contributed by atoms with E-state index in [1.54, 1.807) is 0 Å². The van der Waals surface area contributed by atoms with Crippen LogP contribution >= 0.6 is 11.6 Å². The van der Waals surface area contributed by atoms with Crippen LogP contribution in [0, 0.1) is 17.2 Å². The number of hydrogen-bond donors (Lipinski definition) is 1. The van der Waals surface area contributed by atoms with E-state index < -0.39 is 11.8 Å². The summed E-state index contributed by atoms with van der Waals surface area (Å²) in [5.74, 6) is -1.60. The number of carbonyl (C=O) groups is 2. The summed E-state index contributed by atoms with van der Waals surface area (Å²) in [5, 5.41) is 8.06. The van der Waals surface area contributed by atoms with Crippen molar-refractivity contribution in [1.29, 1.82) is 0 Å². The van der Waals surface area contributed by atoms with Crippen molar-refractivity contribution < 1.29 is 23.5 Å². The highest BCUT2D eigenvalue weighted by Gasteiger charge is 2.39. The number of amides is 1. The molecule has 1 saturated heterocycles. The fourth-order valence-corrected chi connectivity index (χ4v) is 4.78.